The minimum atomic E-state index is 0.0473. The number of carbonyl (C=O) groups excluding carboxylic acids is 1. The Bertz CT molecular complexity index is 997. The lowest BCUT2D eigenvalue weighted by molar-refractivity contribution is -0.131. The van der Waals surface area contributed by atoms with Crippen LogP contribution in [-0.2, 0) is 17.9 Å². The first-order chi connectivity index (χ1) is 14.8. The number of aryl methyl sites for hydroxylation is 2. The van der Waals surface area contributed by atoms with Crippen molar-refractivity contribution in [2.24, 2.45) is 5.73 Å². The van der Waals surface area contributed by atoms with Crippen LogP contribution in [0.4, 0.5) is 11.6 Å². The Morgan fingerprint density at radius 2 is 1.97 bits per heavy atom. The van der Waals surface area contributed by atoms with E-state index in [9.17, 15) is 4.79 Å². The van der Waals surface area contributed by atoms with E-state index in [1.165, 1.54) is 22.9 Å². The van der Waals surface area contributed by atoms with Gasteiger partial charge in [0, 0.05) is 60.9 Å². The van der Waals surface area contributed by atoms with Gasteiger partial charge in [0.2, 0.25) is 5.95 Å². The molecule has 1 amide bonds. The van der Waals surface area contributed by atoms with E-state index in [0.717, 1.165) is 43.9 Å². The summed E-state index contributed by atoms with van der Waals surface area (Å²) in [4.78, 5) is 26.3. The smallest absolute Gasteiger partial charge is 0.251 e. The van der Waals surface area contributed by atoms with E-state index in [1.54, 1.807) is 6.92 Å². The Kier molecular flexibility index (Phi) is 5.96. The van der Waals surface area contributed by atoms with Gasteiger partial charge in [0.1, 0.15) is 0 Å². The minimum Gasteiger partial charge on any atom is -0.404 e. The number of benzene rings is 1. The maximum atomic E-state index is 12.5. The minimum absolute atomic E-state index is 0.0473. The Morgan fingerprint density at radius 3 is 2.65 bits per heavy atom. The molecule has 7 heteroatoms. The highest BCUT2D eigenvalue weighted by Crippen LogP contribution is 2.30. The monoisotopic (exact) mass is 420 g/mol. The van der Waals surface area contributed by atoms with Crippen LogP contribution in [0.2, 0.25) is 0 Å². The number of nitrogens with two attached hydrogens (primary N) is 1. The Morgan fingerprint density at radius 1 is 1.23 bits per heavy atom. The normalized spacial score (nSPS) is 21.8. The molecule has 1 aromatic carbocycles. The van der Waals surface area contributed by atoms with Crippen LogP contribution in [0.25, 0.3) is 0 Å². The lowest BCUT2D eigenvalue weighted by Gasteiger charge is -2.41. The average molecular weight is 421 g/mol. The summed E-state index contributed by atoms with van der Waals surface area (Å²) in [6.45, 7) is 10.5. The summed E-state index contributed by atoms with van der Waals surface area (Å²) >= 11 is 0. The first kappa shape index (κ1) is 21.3. The van der Waals surface area contributed by atoms with Crippen molar-refractivity contribution >= 4 is 17.5 Å². The molecule has 2 aliphatic rings. The predicted octanol–water partition coefficient (Wildman–Crippen LogP) is 3.39. The fraction of sp³-hybridized carbons (Fsp3) is 0.458. The zero-order valence-corrected chi connectivity index (χ0v) is 18.9. The van der Waals surface area contributed by atoms with Gasteiger partial charge in [0.15, 0.2) is 0 Å². The third-order valence-corrected chi connectivity index (χ3v) is 6.37. The average Bonchev–Trinajstić information content (AvgIpc) is 3.15. The molecule has 2 aromatic rings. The molecule has 0 saturated carbocycles. The van der Waals surface area contributed by atoms with Gasteiger partial charge in [-0.2, -0.15) is 0 Å². The summed E-state index contributed by atoms with van der Waals surface area (Å²) in [5.74, 6) is 0.689. The molecular formula is C24H32N6O. The number of likely N-dealkylation sites (tertiary alicyclic amines) is 1. The van der Waals surface area contributed by atoms with E-state index in [1.807, 2.05) is 11.1 Å². The highest BCUT2D eigenvalue weighted by molar-refractivity contribution is 5.93. The third kappa shape index (κ3) is 4.56. The molecular weight excluding hydrogens is 388 g/mol. The summed E-state index contributed by atoms with van der Waals surface area (Å²) in [6.07, 6.45) is 5.27. The van der Waals surface area contributed by atoms with Gasteiger partial charge in [-0.25, -0.2) is 9.97 Å². The molecule has 1 fully saturated rings. The van der Waals surface area contributed by atoms with Crippen molar-refractivity contribution in [2.75, 3.05) is 11.9 Å². The summed E-state index contributed by atoms with van der Waals surface area (Å²) in [5, 5.41) is 3.35. The van der Waals surface area contributed by atoms with E-state index in [0.29, 0.717) is 17.6 Å². The molecule has 7 nitrogen and oxygen atoms in total. The van der Waals surface area contributed by atoms with Gasteiger partial charge in [-0.3, -0.25) is 9.69 Å². The van der Waals surface area contributed by atoms with Gasteiger partial charge in [0.05, 0.1) is 5.69 Å². The van der Waals surface area contributed by atoms with Gasteiger partial charge in [0.25, 0.3) is 5.91 Å². The van der Waals surface area contributed by atoms with Crippen LogP contribution in [0.3, 0.4) is 0 Å². The molecule has 1 saturated heterocycles. The number of anilines is 2. The van der Waals surface area contributed by atoms with Gasteiger partial charge in [-0.1, -0.05) is 6.07 Å². The van der Waals surface area contributed by atoms with Crippen molar-refractivity contribution in [3.8, 4) is 0 Å². The zero-order chi connectivity index (χ0) is 22.1. The molecule has 3 N–H and O–H groups in total. The number of aromatic nitrogens is 2. The number of rotatable bonds is 4. The fourth-order valence-electron chi connectivity index (χ4n) is 4.75. The molecule has 31 heavy (non-hydrogen) atoms. The van der Waals surface area contributed by atoms with Crippen LogP contribution in [0.1, 0.15) is 49.1 Å². The summed E-state index contributed by atoms with van der Waals surface area (Å²) < 4.78 is 0. The molecule has 2 aliphatic heterocycles. The van der Waals surface area contributed by atoms with E-state index >= 15 is 0 Å². The number of hydrogen-bond acceptors (Lipinski definition) is 6. The SMILES string of the molecule is C/C(=C\N)C(=O)N1CC[C@@H](N2Cc3cnc(Nc4cc(C)cc(C)c4)nc3C2)C[C@H]1C. The summed E-state index contributed by atoms with van der Waals surface area (Å²) in [6, 6.07) is 6.99. The van der Waals surface area contributed by atoms with Gasteiger partial charge in [-0.05, 0) is 63.8 Å². The number of amides is 1. The molecule has 3 heterocycles. The Labute approximate surface area is 184 Å². The van der Waals surface area contributed by atoms with Gasteiger partial charge in [-0.15, -0.1) is 0 Å². The number of nitrogens with one attached hydrogen (secondary N) is 1. The van der Waals surface area contributed by atoms with E-state index < -0.39 is 0 Å². The third-order valence-electron chi connectivity index (χ3n) is 6.37. The maximum Gasteiger partial charge on any atom is 0.251 e. The predicted molar refractivity (Wildman–Crippen MR) is 123 cm³/mol. The van der Waals surface area contributed by atoms with Crippen molar-refractivity contribution in [3.63, 3.8) is 0 Å². The van der Waals surface area contributed by atoms with Crippen molar-refractivity contribution in [1.29, 1.82) is 0 Å². The van der Waals surface area contributed by atoms with Crippen LogP contribution < -0.4 is 11.1 Å². The Balaban J connectivity index is 1.41. The van der Waals surface area contributed by atoms with Crippen LogP contribution in [-0.4, -0.2) is 44.3 Å². The van der Waals surface area contributed by atoms with Crippen molar-refractivity contribution in [1.82, 2.24) is 19.8 Å². The number of fused-ring (bicyclic) bond motifs is 1. The van der Waals surface area contributed by atoms with E-state index in [-0.39, 0.29) is 11.9 Å². The first-order valence-corrected chi connectivity index (χ1v) is 11.0. The van der Waals surface area contributed by atoms with Crippen LogP contribution in [0, 0.1) is 13.8 Å². The number of nitrogens with zero attached hydrogens (tertiary/aromatic N) is 4. The molecule has 2 atom stereocenters. The molecule has 0 spiro atoms. The van der Waals surface area contributed by atoms with E-state index in [4.69, 9.17) is 10.7 Å². The van der Waals surface area contributed by atoms with Gasteiger partial charge < -0.3 is 16.0 Å². The lowest BCUT2D eigenvalue weighted by atomic mass is 9.96. The van der Waals surface area contributed by atoms with Crippen LogP contribution in [0.5, 0.6) is 0 Å². The van der Waals surface area contributed by atoms with Crippen molar-refractivity contribution < 1.29 is 4.79 Å². The first-order valence-electron chi connectivity index (χ1n) is 11.0. The second-order valence-corrected chi connectivity index (χ2v) is 8.95. The van der Waals surface area contributed by atoms with Crippen LogP contribution >= 0.6 is 0 Å². The van der Waals surface area contributed by atoms with Crippen LogP contribution in [0.15, 0.2) is 36.2 Å². The highest BCUT2D eigenvalue weighted by Gasteiger charge is 2.35. The summed E-state index contributed by atoms with van der Waals surface area (Å²) in [5.41, 5.74) is 11.9. The van der Waals surface area contributed by atoms with E-state index in [2.05, 4.69) is 54.2 Å². The van der Waals surface area contributed by atoms with Crippen molar-refractivity contribution in [2.45, 2.75) is 65.7 Å². The second kappa shape index (κ2) is 8.67. The molecule has 1 aromatic heterocycles. The number of carbonyl (C=O) groups is 1. The largest absolute Gasteiger partial charge is 0.404 e. The topological polar surface area (TPSA) is 87.4 Å². The maximum absolute atomic E-state index is 12.5. The molecule has 0 aliphatic carbocycles. The standard InChI is InChI=1S/C24H32N6O/c1-15-7-16(2)9-20(8-15)27-24-26-12-19-13-29(14-22(19)28-24)21-5-6-30(18(4)10-21)23(31)17(3)11-25/h7-9,11-12,18,21H,5-6,10,13-14,25H2,1-4H3,(H,26,27,28)/b17-11+/t18-,21-/m1/s1. The molecule has 164 valence electrons. The molecule has 4 rings (SSSR count). The zero-order valence-electron chi connectivity index (χ0n) is 18.9. The molecule has 0 bridgehead atoms. The van der Waals surface area contributed by atoms with Gasteiger partial charge >= 0.3 is 0 Å². The number of piperidine rings is 1. The lowest BCUT2D eigenvalue weighted by Crippen LogP contribution is -2.50. The Hall–Kier alpha value is -2.93. The fourth-order valence-corrected chi connectivity index (χ4v) is 4.75. The quantitative estimate of drug-likeness (QED) is 0.737. The number of hydrogen-bond donors (Lipinski definition) is 2. The summed E-state index contributed by atoms with van der Waals surface area (Å²) in [7, 11) is 0. The second-order valence-electron chi connectivity index (χ2n) is 8.95. The van der Waals surface area contributed by atoms with Crippen molar-refractivity contribution in [3.05, 3.63) is 58.6 Å². The molecule has 0 radical (unpaired) electrons. The molecule has 0 unspecified atom stereocenters. The highest BCUT2D eigenvalue weighted by atomic mass is 16.2.